The summed E-state index contributed by atoms with van der Waals surface area (Å²) in [6, 6.07) is 8.03. The minimum atomic E-state index is -0.113. The van der Waals surface area contributed by atoms with Crippen LogP contribution in [0.25, 0.3) is 22.4 Å². The number of carbonyl (C=O) groups is 1. The summed E-state index contributed by atoms with van der Waals surface area (Å²) >= 11 is 0. The van der Waals surface area contributed by atoms with E-state index >= 15 is 0 Å². The summed E-state index contributed by atoms with van der Waals surface area (Å²) in [5.74, 6) is 1.34. The molecule has 1 aromatic carbocycles. The lowest BCUT2D eigenvalue weighted by molar-refractivity contribution is -0.114. The number of aromatic nitrogens is 3. The van der Waals surface area contributed by atoms with E-state index in [0.717, 1.165) is 47.6 Å². The summed E-state index contributed by atoms with van der Waals surface area (Å²) in [6.07, 6.45) is 2.84. The topological polar surface area (TPSA) is 103 Å². The Kier molecular flexibility index (Phi) is 4.64. The smallest absolute Gasteiger partial charge is 0.221 e. The first-order valence-corrected chi connectivity index (χ1v) is 9.36. The molecule has 28 heavy (non-hydrogen) atoms. The Morgan fingerprint density at radius 1 is 1.36 bits per heavy atom. The normalized spacial score (nSPS) is 16.9. The van der Waals surface area contributed by atoms with Crippen LogP contribution in [0.1, 0.15) is 13.3 Å². The van der Waals surface area contributed by atoms with E-state index in [2.05, 4.69) is 39.2 Å². The van der Waals surface area contributed by atoms with Crippen molar-refractivity contribution in [1.82, 2.24) is 19.9 Å². The summed E-state index contributed by atoms with van der Waals surface area (Å²) < 4.78 is 0. The van der Waals surface area contributed by atoms with Crippen LogP contribution in [0.15, 0.2) is 30.5 Å². The molecule has 1 aliphatic rings. The third-order valence-corrected chi connectivity index (χ3v) is 5.18. The first-order valence-electron chi connectivity index (χ1n) is 9.36. The quantitative estimate of drug-likeness (QED) is 0.643. The molecule has 0 saturated carbocycles. The lowest BCUT2D eigenvalue weighted by atomic mass is 10.1. The molecule has 3 aromatic rings. The molecule has 3 heterocycles. The minimum absolute atomic E-state index is 0.113. The first-order chi connectivity index (χ1) is 13.4. The summed E-state index contributed by atoms with van der Waals surface area (Å²) in [7, 11) is 4.21. The summed E-state index contributed by atoms with van der Waals surface area (Å²) in [5, 5.41) is 3.67. The summed E-state index contributed by atoms with van der Waals surface area (Å²) in [4.78, 5) is 28.6. The second-order valence-electron chi connectivity index (χ2n) is 7.45. The van der Waals surface area contributed by atoms with Crippen molar-refractivity contribution in [2.24, 2.45) is 0 Å². The van der Waals surface area contributed by atoms with Crippen LogP contribution in [0.4, 0.5) is 17.2 Å². The molecule has 2 aromatic heterocycles. The molecule has 1 amide bonds. The zero-order chi connectivity index (χ0) is 19.8. The number of rotatable bonds is 4. The highest BCUT2D eigenvalue weighted by Gasteiger charge is 2.28. The van der Waals surface area contributed by atoms with Gasteiger partial charge in [-0.05, 0) is 32.6 Å². The van der Waals surface area contributed by atoms with E-state index in [1.165, 1.54) is 6.92 Å². The number of aromatic amines is 1. The molecule has 0 aliphatic carbocycles. The van der Waals surface area contributed by atoms with Crippen LogP contribution in [0.5, 0.6) is 0 Å². The molecule has 0 spiro atoms. The van der Waals surface area contributed by atoms with Gasteiger partial charge in [0.1, 0.15) is 11.5 Å². The Balaban J connectivity index is 1.78. The van der Waals surface area contributed by atoms with Gasteiger partial charge >= 0.3 is 0 Å². The number of H-pyrrole nitrogens is 1. The van der Waals surface area contributed by atoms with Gasteiger partial charge in [-0.25, -0.2) is 9.97 Å². The van der Waals surface area contributed by atoms with Gasteiger partial charge in [0.05, 0.1) is 11.1 Å². The molecule has 1 fully saturated rings. The standard InChI is InChI=1S/C20H25N7O/c1-12(28)23-14-6-4-5-13(9-14)18-24-19-17(16(21)10-22-19)20(25-18)27-8-7-15(11-27)26(2)3/h4-6,9-10,15H,7-8,11,21H2,1-3H3,(H,23,28)(H,22,24,25)/t15-/m1/s1. The fraction of sp³-hybridized carbons (Fsp3) is 0.350. The third-order valence-electron chi connectivity index (χ3n) is 5.18. The number of nitrogens with two attached hydrogens (primary N) is 1. The molecule has 0 radical (unpaired) electrons. The number of nitrogen functional groups attached to an aromatic ring is 1. The highest BCUT2D eigenvalue weighted by Crippen LogP contribution is 2.34. The van der Waals surface area contributed by atoms with Gasteiger partial charge in [0.15, 0.2) is 5.82 Å². The van der Waals surface area contributed by atoms with E-state index in [0.29, 0.717) is 17.6 Å². The van der Waals surface area contributed by atoms with Gasteiger partial charge in [0.25, 0.3) is 0 Å². The molecule has 0 bridgehead atoms. The maximum atomic E-state index is 11.4. The number of nitrogens with zero attached hydrogens (tertiary/aromatic N) is 4. The van der Waals surface area contributed by atoms with E-state index in [-0.39, 0.29) is 5.91 Å². The SMILES string of the molecule is CC(=O)Nc1cccc(-c2nc(N3CC[C@@H](N(C)C)C3)c3c(N)c[nH]c3n2)c1. The molecule has 1 atom stereocenters. The fourth-order valence-electron chi connectivity index (χ4n) is 3.69. The number of benzene rings is 1. The first kappa shape index (κ1) is 18.2. The predicted octanol–water partition coefficient (Wildman–Crippen LogP) is 2.31. The van der Waals surface area contributed by atoms with Gasteiger partial charge in [0.2, 0.25) is 5.91 Å². The maximum Gasteiger partial charge on any atom is 0.221 e. The highest BCUT2D eigenvalue weighted by molar-refractivity contribution is 5.99. The van der Waals surface area contributed by atoms with Crippen LogP contribution in [-0.2, 0) is 4.79 Å². The average Bonchev–Trinajstić information content (AvgIpc) is 3.28. The fourth-order valence-corrected chi connectivity index (χ4v) is 3.69. The molecule has 4 N–H and O–H groups in total. The van der Waals surface area contributed by atoms with Crippen molar-refractivity contribution >= 4 is 34.1 Å². The number of fused-ring (bicyclic) bond motifs is 1. The molecule has 1 aliphatic heterocycles. The Morgan fingerprint density at radius 3 is 2.89 bits per heavy atom. The van der Waals surface area contributed by atoms with Gasteiger partial charge < -0.3 is 25.8 Å². The number of anilines is 3. The van der Waals surface area contributed by atoms with Crippen LogP contribution in [-0.4, -0.2) is 59.0 Å². The Labute approximate surface area is 163 Å². The molecule has 0 unspecified atom stereocenters. The van der Waals surface area contributed by atoms with Crippen LogP contribution >= 0.6 is 0 Å². The number of likely N-dealkylation sites (N-methyl/N-ethyl adjacent to an activating group) is 1. The van der Waals surface area contributed by atoms with Crippen LogP contribution in [0.3, 0.4) is 0 Å². The number of carbonyl (C=O) groups excluding carboxylic acids is 1. The molecule has 4 rings (SSSR count). The van der Waals surface area contributed by atoms with Crippen molar-refractivity contribution in [2.45, 2.75) is 19.4 Å². The molecule has 1 saturated heterocycles. The van der Waals surface area contributed by atoms with Crippen LogP contribution in [0.2, 0.25) is 0 Å². The van der Waals surface area contributed by atoms with Crippen molar-refractivity contribution in [1.29, 1.82) is 0 Å². The molecule has 146 valence electrons. The lowest BCUT2D eigenvalue weighted by Gasteiger charge is -2.22. The second-order valence-corrected chi connectivity index (χ2v) is 7.45. The minimum Gasteiger partial charge on any atom is -0.397 e. The summed E-state index contributed by atoms with van der Waals surface area (Å²) in [5.41, 5.74) is 9.14. The van der Waals surface area contributed by atoms with E-state index in [4.69, 9.17) is 10.7 Å². The monoisotopic (exact) mass is 379 g/mol. The Morgan fingerprint density at radius 2 is 2.18 bits per heavy atom. The van der Waals surface area contributed by atoms with Crippen molar-refractivity contribution in [3.8, 4) is 11.4 Å². The number of amides is 1. The van der Waals surface area contributed by atoms with Crippen molar-refractivity contribution < 1.29 is 4.79 Å². The summed E-state index contributed by atoms with van der Waals surface area (Å²) in [6.45, 7) is 3.31. The van der Waals surface area contributed by atoms with E-state index in [1.54, 1.807) is 6.20 Å². The second kappa shape index (κ2) is 7.12. The van der Waals surface area contributed by atoms with Gasteiger partial charge in [-0.1, -0.05) is 12.1 Å². The predicted molar refractivity (Wildman–Crippen MR) is 112 cm³/mol. The lowest BCUT2D eigenvalue weighted by Crippen LogP contribution is -2.31. The van der Waals surface area contributed by atoms with Gasteiger partial charge in [-0.2, -0.15) is 0 Å². The van der Waals surface area contributed by atoms with E-state index < -0.39 is 0 Å². The highest BCUT2D eigenvalue weighted by atomic mass is 16.1. The Bertz CT molecular complexity index is 1030. The zero-order valence-electron chi connectivity index (χ0n) is 16.4. The Hall–Kier alpha value is -3.13. The van der Waals surface area contributed by atoms with Crippen molar-refractivity contribution in [3.05, 3.63) is 30.5 Å². The number of hydrogen-bond acceptors (Lipinski definition) is 6. The number of hydrogen-bond donors (Lipinski definition) is 3. The van der Waals surface area contributed by atoms with Crippen molar-refractivity contribution in [2.75, 3.05) is 43.1 Å². The van der Waals surface area contributed by atoms with Crippen LogP contribution in [0, 0.1) is 0 Å². The third kappa shape index (κ3) is 3.38. The van der Waals surface area contributed by atoms with Gasteiger partial charge in [-0.3, -0.25) is 4.79 Å². The molecular weight excluding hydrogens is 354 g/mol. The number of nitrogens with one attached hydrogen (secondary N) is 2. The molecule has 8 nitrogen and oxygen atoms in total. The van der Waals surface area contributed by atoms with E-state index in [1.807, 2.05) is 24.3 Å². The molecule has 8 heteroatoms. The average molecular weight is 379 g/mol. The van der Waals surface area contributed by atoms with Crippen LogP contribution < -0.4 is 16.0 Å². The van der Waals surface area contributed by atoms with Crippen molar-refractivity contribution in [3.63, 3.8) is 0 Å². The zero-order valence-corrected chi connectivity index (χ0v) is 16.4. The largest absolute Gasteiger partial charge is 0.397 e. The van der Waals surface area contributed by atoms with Gasteiger partial charge in [-0.15, -0.1) is 0 Å². The van der Waals surface area contributed by atoms with E-state index in [9.17, 15) is 4.79 Å². The van der Waals surface area contributed by atoms with Gasteiger partial charge in [0, 0.05) is 43.5 Å². The maximum absolute atomic E-state index is 11.4. The molecular formula is C20H25N7O.